The maximum absolute atomic E-state index is 13.4. The van der Waals surface area contributed by atoms with Crippen LogP contribution in [0.1, 0.15) is 57.8 Å². The third kappa shape index (κ3) is 8.10. The fourth-order valence-corrected chi connectivity index (χ4v) is 4.74. The Kier molecular flexibility index (Phi) is 10.2. The van der Waals surface area contributed by atoms with Gasteiger partial charge in [-0.05, 0) is 73.9 Å². The zero-order valence-electron chi connectivity index (χ0n) is 24.3. The number of carbonyl (C=O) groups is 2. The smallest absolute Gasteiger partial charge is 0.253 e. The van der Waals surface area contributed by atoms with Gasteiger partial charge in [0, 0.05) is 38.2 Å². The number of hydrogen-bond acceptors (Lipinski definition) is 5. The van der Waals surface area contributed by atoms with Crippen LogP contribution in [0.4, 0.5) is 0 Å². The lowest BCUT2D eigenvalue weighted by atomic mass is 10.0. The van der Waals surface area contributed by atoms with Gasteiger partial charge in [-0.2, -0.15) is 5.26 Å². The van der Waals surface area contributed by atoms with E-state index in [0.29, 0.717) is 34.9 Å². The van der Waals surface area contributed by atoms with Crippen molar-refractivity contribution in [3.05, 3.63) is 117 Å². The number of rotatable bonds is 11. The number of nitriles is 1. The van der Waals surface area contributed by atoms with Crippen molar-refractivity contribution >= 4 is 23.4 Å². The molecule has 0 fully saturated rings. The molecule has 7 nitrogen and oxygen atoms in total. The summed E-state index contributed by atoms with van der Waals surface area (Å²) in [7, 11) is 3.36. The van der Waals surface area contributed by atoms with Gasteiger partial charge in [0.05, 0.1) is 28.8 Å². The third-order valence-electron chi connectivity index (χ3n) is 7.14. The molecule has 2 atom stereocenters. The van der Waals surface area contributed by atoms with Gasteiger partial charge in [-0.15, -0.1) is 0 Å². The second kappa shape index (κ2) is 14.0. The Hall–Kier alpha value is -4.38. The largest absolute Gasteiger partial charge is 0.460 e. The van der Waals surface area contributed by atoms with E-state index >= 15 is 0 Å². The Balaban J connectivity index is 1.46. The number of hydrogen-bond donors (Lipinski definition) is 2. The fourth-order valence-electron chi connectivity index (χ4n) is 4.54. The van der Waals surface area contributed by atoms with Gasteiger partial charge in [0.25, 0.3) is 5.91 Å². The first-order valence-corrected chi connectivity index (χ1v) is 14.2. The predicted octanol–water partition coefficient (Wildman–Crippen LogP) is 6.45. The highest BCUT2D eigenvalue weighted by Crippen LogP contribution is 2.28. The van der Waals surface area contributed by atoms with Crippen LogP contribution >= 0.6 is 11.6 Å². The lowest BCUT2D eigenvalue weighted by Gasteiger charge is -2.21. The first-order chi connectivity index (χ1) is 20.1. The molecule has 216 valence electrons. The molecular formula is C34H35ClN4O3. The predicted molar refractivity (Wildman–Crippen MR) is 165 cm³/mol. The van der Waals surface area contributed by atoms with E-state index in [2.05, 4.69) is 54.8 Å². The topological polar surface area (TPSA) is 98.4 Å². The maximum atomic E-state index is 13.4. The molecule has 0 saturated heterocycles. The summed E-state index contributed by atoms with van der Waals surface area (Å²) in [6.45, 7) is 4.73. The summed E-state index contributed by atoms with van der Waals surface area (Å²) in [6.07, 6.45) is 0.537. The second-order valence-electron chi connectivity index (χ2n) is 10.6. The Morgan fingerprint density at radius 3 is 2.38 bits per heavy atom. The SMILES string of the molecule is Cc1ccc(C(C)NCc2ccc(-c3ccc(Cl)c(C(=O)NC(CC(=O)N(C)C)Cc4ccc(C#N)cc4)c3)o2)cc1. The highest BCUT2D eigenvalue weighted by Gasteiger charge is 2.21. The van der Waals surface area contributed by atoms with E-state index in [1.807, 2.05) is 30.3 Å². The van der Waals surface area contributed by atoms with Crippen LogP contribution in [0.2, 0.25) is 5.02 Å². The molecule has 8 heteroatoms. The van der Waals surface area contributed by atoms with Gasteiger partial charge in [0.1, 0.15) is 11.5 Å². The normalized spacial score (nSPS) is 12.3. The monoisotopic (exact) mass is 582 g/mol. The lowest BCUT2D eigenvalue weighted by Crippen LogP contribution is -2.40. The molecule has 4 rings (SSSR count). The summed E-state index contributed by atoms with van der Waals surface area (Å²) < 4.78 is 6.10. The van der Waals surface area contributed by atoms with Crippen LogP contribution in [0, 0.1) is 18.3 Å². The average Bonchev–Trinajstić information content (AvgIpc) is 3.46. The Labute approximate surface area is 252 Å². The molecule has 1 aromatic heterocycles. The number of amides is 2. The van der Waals surface area contributed by atoms with Gasteiger partial charge in [0.15, 0.2) is 0 Å². The first-order valence-electron chi connectivity index (χ1n) is 13.8. The highest BCUT2D eigenvalue weighted by atomic mass is 35.5. The zero-order valence-corrected chi connectivity index (χ0v) is 25.0. The minimum atomic E-state index is -0.475. The van der Waals surface area contributed by atoms with Crippen molar-refractivity contribution in [2.45, 2.75) is 45.3 Å². The first kappa shape index (κ1) is 30.6. The van der Waals surface area contributed by atoms with Crippen molar-refractivity contribution in [1.82, 2.24) is 15.5 Å². The molecule has 2 amide bonds. The van der Waals surface area contributed by atoms with Crippen LogP contribution in [0.5, 0.6) is 0 Å². The molecule has 3 aromatic carbocycles. The van der Waals surface area contributed by atoms with Gasteiger partial charge in [-0.1, -0.05) is 53.6 Å². The zero-order chi connectivity index (χ0) is 30.2. The van der Waals surface area contributed by atoms with Gasteiger partial charge in [-0.25, -0.2) is 0 Å². The van der Waals surface area contributed by atoms with Gasteiger partial charge in [-0.3, -0.25) is 9.59 Å². The van der Waals surface area contributed by atoms with E-state index in [0.717, 1.165) is 16.9 Å². The van der Waals surface area contributed by atoms with E-state index < -0.39 is 6.04 Å². The van der Waals surface area contributed by atoms with E-state index in [4.69, 9.17) is 21.3 Å². The van der Waals surface area contributed by atoms with E-state index in [1.165, 1.54) is 16.0 Å². The van der Waals surface area contributed by atoms with Crippen molar-refractivity contribution in [3.8, 4) is 17.4 Å². The number of aryl methyl sites for hydroxylation is 1. The van der Waals surface area contributed by atoms with Gasteiger partial charge >= 0.3 is 0 Å². The minimum absolute atomic E-state index is 0.109. The summed E-state index contributed by atoms with van der Waals surface area (Å²) in [5, 5.41) is 15.9. The van der Waals surface area contributed by atoms with E-state index in [1.54, 1.807) is 38.4 Å². The molecule has 0 spiro atoms. The molecule has 0 saturated carbocycles. The number of benzene rings is 3. The summed E-state index contributed by atoms with van der Waals surface area (Å²) in [5.41, 5.74) is 4.88. The summed E-state index contributed by atoms with van der Waals surface area (Å²) in [6, 6.07) is 26.3. The Morgan fingerprint density at radius 2 is 1.71 bits per heavy atom. The third-order valence-corrected chi connectivity index (χ3v) is 7.47. The minimum Gasteiger partial charge on any atom is -0.460 e. The number of carbonyl (C=O) groups excluding carboxylic acids is 2. The summed E-state index contributed by atoms with van der Waals surface area (Å²) in [5.74, 6) is 0.904. The molecule has 1 heterocycles. The molecule has 2 N–H and O–H groups in total. The molecule has 0 bridgehead atoms. The van der Waals surface area contributed by atoms with Gasteiger partial charge < -0.3 is 20.0 Å². The summed E-state index contributed by atoms with van der Waals surface area (Å²) >= 11 is 6.46. The van der Waals surface area contributed by atoms with E-state index in [9.17, 15) is 9.59 Å². The van der Waals surface area contributed by atoms with Crippen molar-refractivity contribution in [2.75, 3.05) is 14.1 Å². The Bertz CT molecular complexity index is 1570. The number of halogens is 1. The standard InChI is InChI=1S/C34H35ClN4O3/c1-22-5-11-26(12-6-22)23(2)37-21-29-14-16-32(42-29)27-13-15-31(35)30(18-27)34(41)38-28(19-33(40)39(3)4)17-24-7-9-25(20-36)10-8-24/h5-16,18,23,28,37H,17,19,21H2,1-4H3,(H,38,41). The molecule has 4 aromatic rings. The molecule has 0 aliphatic carbocycles. The number of furan rings is 1. The quantitative estimate of drug-likeness (QED) is 0.212. The number of nitrogens with zero attached hydrogens (tertiary/aromatic N) is 2. The van der Waals surface area contributed by atoms with Crippen LogP contribution in [-0.4, -0.2) is 36.9 Å². The van der Waals surface area contributed by atoms with Gasteiger partial charge in [0.2, 0.25) is 5.91 Å². The van der Waals surface area contributed by atoms with Crippen molar-refractivity contribution in [2.24, 2.45) is 0 Å². The molecular weight excluding hydrogens is 548 g/mol. The second-order valence-corrected chi connectivity index (χ2v) is 11.1. The molecule has 0 aliphatic rings. The summed E-state index contributed by atoms with van der Waals surface area (Å²) in [4.78, 5) is 27.5. The fraction of sp³-hybridized carbons (Fsp3) is 0.265. The Morgan fingerprint density at radius 1 is 1.00 bits per heavy atom. The van der Waals surface area contributed by atoms with Crippen molar-refractivity contribution in [3.63, 3.8) is 0 Å². The van der Waals surface area contributed by atoms with Crippen LogP contribution in [0.15, 0.2) is 83.3 Å². The van der Waals surface area contributed by atoms with Crippen molar-refractivity contribution < 1.29 is 14.0 Å². The highest BCUT2D eigenvalue weighted by molar-refractivity contribution is 6.34. The molecule has 2 unspecified atom stereocenters. The van der Waals surface area contributed by atoms with Crippen LogP contribution < -0.4 is 10.6 Å². The molecule has 0 radical (unpaired) electrons. The lowest BCUT2D eigenvalue weighted by molar-refractivity contribution is -0.129. The van der Waals surface area contributed by atoms with Crippen LogP contribution in [0.3, 0.4) is 0 Å². The molecule has 42 heavy (non-hydrogen) atoms. The average molecular weight is 583 g/mol. The molecule has 0 aliphatic heterocycles. The number of nitrogens with one attached hydrogen (secondary N) is 2. The van der Waals surface area contributed by atoms with Crippen molar-refractivity contribution in [1.29, 1.82) is 5.26 Å². The van der Waals surface area contributed by atoms with Crippen LogP contribution in [0.25, 0.3) is 11.3 Å². The van der Waals surface area contributed by atoms with Crippen LogP contribution in [-0.2, 0) is 17.8 Å². The van der Waals surface area contributed by atoms with E-state index in [-0.39, 0.29) is 24.3 Å². The maximum Gasteiger partial charge on any atom is 0.253 e.